The van der Waals surface area contributed by atoms with Gasteiger partial charge in [-0.25, -0.2) is 0 Å². The first-order chi connectivity index (χ1) is 7.63. The molecule has 1 saturated carbocycles. The monoisotopic (exact) mass is 241 g/mol. The minimum Gasteiger partial charge on any atom is -0.359 e. The third kappa shape index (κ3) is 3.14. The topological polar surface area (TPSA) is 27.6 Å². The van der Waals surface area contributed by atoms with Crippen LogP contribution < -0.4 is 5.32 Å². The molecule has 1 N–H and O–H groups in total. The van der Waals surface area contributed by atoms with E-state index in [4.69, 9.17) is 0 Å². The fourth-order valence-corrected chi connectivity index (χ4v) is 3.07. The van der Waals surface area contributed by atoms with Gasteiger partial charge in [0.25, 0.3) is 0 Å². The molecule has 2 aliphatic rings. The summed E-state index contributed by atoms with van der Waals surface area (Å²) in [7, 11) is 2.21. The first-order valence-electron chi connectivity index (χ1n) is 6.28. The largest absolute Gasteiger partial charge is 0.359 e. The third-order valence-corrected chi connectivity index (χ3v) is 4.88. The van der Waals surface area contributed by atoms with Gasteiger partial charge in [-0.3, -0.25) is 4.99 Å². The highest BCUT2D eigenvalue weighted by Crippen LogP contribution is 2.26. The number of aliphatic imine (C=N–C) groups is 1. The molecule has 0 aromatic heterocycles. The van der Waals surface area contributed by atoms with E-state index in [9.17, 15) is 0 Å². The zero-order chi connectivity index (χ0) is 11.6. The van der Waals surface area contributed by atoms with Crippen molar-refractivity contribution in [1.82, 2.24) is 10.2 Å². The SMILES string of the molecule is CCC1(C)CSC(=NCCN(C)C2CC2)N1. The second kappa shape index (κ2) is 4.96. The summed E-state index contributed by atoms with van der Waals surface area (Å²) in [5.74, 6) is 1.15. The van der Waals surface area contributed by atoms with Gasteiger partial charge in [0, 0.05) is 23.9 Å². The lowest BCUT2D eigenvalue weighted by atomic mass is 10.0. The van der Waals surface area contributed by atoms with Crippen LogP contribution in [0.3, 0.4) is 0 Å². The molecule has 1 saturated heterocycles. The smallest absolute Gasteiger partial charge is 0.157 e. The molecule has 0 aromatic rings. The van der Waals surface area contributed by atoms with Crippen LogP contribution >= 0.6 is 11.8 Å². The molecule has 1 heterocycles. The number of thioether (sulfide) groups is 1. The van der Waals surface area contributed by atoms with Crippen LogP contribution in [0.25, 0.3) is 0 Å². The van der Waals surface area contributed by atoms with Crippen molar-refractivity contribution in [3.63, 3.8) is 0 Å². The molecule has 0 radical (unpaired) electrons. The summed E-state index contributed by atoms with van der Waals surface area (Å²) in [6.45, 7) is 6.54. The van der Waals surface area contributed by atoms with Gasteiger partial charge in [0.15, 0.2) is 5.17 Å². The number of nitrogens with one attached hydrogen (secondary N) is 1. The van der Waals surface area contributed by atoms with Gasteiger partial charge in [-0.05, 0) is 33.2 Å². The fourth-order valence-electron chi connectivity index (χ4n) is 1.84. The van der Waals surface area contributed by atoms with E-state index in [1.54, 1.807) is 0 Å². The summed E-state index contributed by atoms with van der Waals surface area (Å²) in [6.07, 6.45) is 3.93. The van der Waals surface area contributed by atoms with Gasteiger partial charge in [-0.2, -0.15) is 0 Å². The average molecular weight is 241 g/mol. The van der Waals surface area contributed by atoms with E-state index in [2.05, 4.69) is 36.1 Å². The molecule has 0 bridgehead atoms. The highest BCUT2D eigenvalue weighted by molar-refractivity contribution is 8.14. The predicted octanol–water partition coefficient (Wildman–Crippen LogP) is 1.94. The molecule has 0 aromatic carbocycles. The number of rotatable bonds is 5. The number of likely N-dealkylation sites (N-methyl/N-ethyl adjacent to an activating group) is 1. The summed E-state index contributed by atoms with van der Waals surface area (Å²) in [4.78, 5) is 7.08. The number of hydrogen-bond acceptors (Lipinski definition) is 3. The molecular formula is C12H23N3S. The van der Waals surface area contributed by atoms with Crippen LogP contribution in [0.15, 0.2) is 4.99 Å². The van der Waals surface area contributed by atoms with Crippen LogP contribution in [0.5, 0.6) is 0 Å². The van der Waals surface area contributed by atoms with Crippen molar-refractivity contribution >= 4 is 16.9 Å². The van der Waals surface area contributed by atoms with Crippen molar-refractivity contribution in [3.8, 4) is 0 Å². The van der Waals surface area contributed by atoms with Gasteiger partial charge >= 0.3 is 0 Å². The summed E-state index contributed by atoms with van der Waals surface area (Å²) < 4.78 is 0. The molecule has 0 amide bonds. The zero-order valence-corrected chi connectivity index (χ0v) is 11.4. The van der Waals surface area contributed by atoms with Crippen molar-refractivity contribution in [3.05, 3.63) is 0 Å². The van der Waals surface area contributed by atoms with Gasteiger partial charge in [0.05, 0.1) is 6.54 Å². The number of amidine groups is 1. The lowest BCUT2D eigenvalue weighted by Gasteiger charge is -2.20. The van der Waals surface area contributed by atoms with Crippen LogP contribution in [-0.4, -0.2) is 47.5 Å². The highest BCUT2D eigenvalue weighted by atomic mass is 32.2. The Kier molecular flexibility index (Phi) is 3.80. The lowest BCUT2D eigenvalue weighted by molar-refractivity contribution is 0.334. The Morgan fingerprint density at radius 1 is 1.56 bits per heavy atom. The van der Waals surface area contributed by atoms with Crippen molar-refractivity contribution in [2.45, 2.75) is 44.7 Å². The average Bonchev–Trinajstić information content (AvgIpc) is 3.05. The van der Waals surface area contributed by atoms with Crippen LogP contribution in [-0.2, 0) is 0 Å². The Morgan fingerprint density at radius 2 is 2.31 bits per heavy atom. The van der Waals surface area contributed by atoms with E-state index in [1.807, 2.05) is 11.8 Å². The van der Waals surface area contributed by atoms with Gasteiger partial charge in [-0.15, -0.1) is 0 Å². The standard InChI is InChI=1S/C12H23N3S/c1-4-12(2)9-16-11(14-12)13-7-8-15(3)10-5-6-10/h10H,4-9H2,1-3H3,(H,13,14). The molecule has 0 spiro atoms. The maximum Gasteiger partial charge on any atom is 0.157 e. The summed E-state index contributed by atoms with van der Waals surface area (Å²) >= 11 is 1.87. The summed E-state index contributed by atoms with van der Waals surface area (Å²) in [5.41, 5.74) is 0.270. The van der Waals surface area contributed by atoms with Crippen LogP contribution in [0.1, 0.15) is 33.1 Å². The fraction of sp³-hybridized carbons (Fsp3) is 0.917. The molecule has 92 valence electrons. The molecule has 1 unspecified atom stereocenters. The molecule has 2 rings (SSSR count). The Hall–Kier alpha value is -0.220. The quantitative estimate of drug-likeness (QED) is 0.797. The van der Waals surface area contributed by atoms with Crippen molar-refractivity contribution < 1.29 is 0 Å². The maximum absolute atomic E-state index is 4.64. The minimum absolute atomic E-state index is 0.270. The van der Waals surface area contributed by atoms with Crippen LogP contribution in [0, 0.1) is 0 Å². The van der Waals surface area contributed by atoms with Crippen molar-refractivity contribution in [2.75, 3.05) is 25.9 Å². The van der Waals surface area contributed by atoms with Crippen molar-refractivity contribution in [2.24, 2.45) is 4.99 Å². The predicted molar refractivity (Wildman–Crippen MR) is 72.2 cm³/mol. The second-order valence-corrected chi connectivity index (χ2v) is 6.19. The molecule has 1 atom stereocenters. The zero-order valence-electron chi connectivity index (χ0n) is 10.6. The number of nitrogens with zero attached hydrogens (tertiary/aromatic N) is 2. The summed E-state index contributed by atoms with van der Waals surface area (Å²) in [5, 5.41) is 4.68. The van der Waals surface area contributed by atoms with Gasteiger partial charge in [0.1, 0.15) is 0 Å². The Bertz CT molecular complexity index is 275. The van der Waals surface area contributed by atoms with E-state index < -0.39 is 0 Å². The van der Waals surface area contributed by atoms with E-state index in [0.717, 1.165) is 30.1 Å². The minimum atomic E-state index is 0.270. The Labute approximate surface area is 103 Å². The first kappa shape index (κ1) is 12.2. The molecule has 3 nitrogen and oxygen atoms in total. The van der Waals surface area contributed by atoms with Crippen LogP contribution in [0.2, 0.25) is 0 Å². The maximum atomic E-state index is 4.64. The van der Waals surface area contributed by atoms with Gasteiger partial charge < -0.3 is 10.2 Å². The Morgan fingerprint density at radius 3 is 2.88 bits per heavy atom. The molecular weight excluding hydrogens is 218 g/mol. The second-order valence-electron chi connectivity index (χ2n) is 5.23. The van der Waals surface area contributed by atoms with Gasteiger partial charge in [0.2, 0.25) is 0 Å². The van der Waals surface area contributed by atoms with E-state index in [-0.39, 0.29) is 5.54 Å². The molecule has 4 heteroatoms. The summed E-state index contributed by atoms with van der Waals surface area (Å²) in [6, 6.07) is 0.852. The van der Waals surface area contributed by atoms with E-state index >= 15 is 0 Å². The molecule has 16 heavy (non-hydrogen) atoms. The van der Waals surface area contributed by atoms with E-state index in [1.165, 1.54) is 19.3 Å². The Balaban J connectivity index is 1.72. The number of hydrogen-bond donors (Lipinski definition) is 1. The normalized spacial score (nSPS) is 32.4. The molecule has 1 aliphatic carbocycles. The molecule has 2 fully saturated rings. The van der Waals surface area contributed by atoms with E-state index in [0.29, 0.717) is 0 Å². The molecule has 1 aliphatic heterocycles. The van der Waals surface area contributed by atoms with Gasteiger partial charge in [-0.1, -0.05) is 18.7 Å². The third-order valence-electron chi connectivity index (χ3n) is 3.59. The first-order valence-corrected chi connectivity index (χ1v) is 7.27. The van der Waals surface area contributed by atoms with Crippen LogP contribution in [0.4, 0.5) is 0 Å². The highest BCUT2D eigenvalue weighted by Gasteiger charge is 2.30. The lowest BCUT2D eigenvalue weighted by Crippen LogP contribution is -2.39. The van der Waals surface area contributed by atoms with Crippen molar-refractivity contribution in [1.29, 1.82) is 0 Å².